The van der Waals surface area contributed by atoms with Gasteiger partial charge < -0.3 is 9.64 Å². The Morgan fingerprint density at radius 2 is 2.07 bits per heavy atom. The molecule has 3 aromatic rings. The highest BCUT2D eigenvalue weighted by Crippen LogP contribution is 2.24. The van der Waals surface area contributed by atoms with Crippen molar-refractivity contribution in [3.63, 3.8) is 0 Å². The van der Waals surface area contributed by atoms with Crippen molar-refractivity contribution in [2.24, 2.45) is 0 Å². The van der Waals surface area contributed by atoms with Gasteiger partial charge in [-0.25, -0.2) is 4.98 Å². The van der Waals surface area contributed by atoms with Crippen molar-refractivity contribution in [1.29, 1.82) is 0 Å². The highest BCUT2D eigenvalue weighted by atomic mass is 35.5. The molecule has 2 heterocycles. The molecular formula is C20H18ClN3O3. The predicted octanol–water partition coefficient (Wildman–Crippen LogP) is 2.65. The molecule has 0 saturated carbocycles. The van der Waals surface area contributed by atoms with E-state index < -0.39 is 0 Å². The van der Waals surface area contributed by atoms with Crippen LogP contribution in [0.15, 0.2) is 59.5 Å². The summed E-state index contributed by atoms with van der Waals surface area (Å²) in [5.74, 6) is -0.121. The van der Waals surface area contributed by atoms with E-state index >= 15 is 0 Å². The third-order valence-corrected chi connectivity index (χ3v) is 4.92. The Bertz CT molecular complexity index is 1050. The number of hydrogen-bond acceptors (Lipinski definition) is 4. The number of fused-ring (bicyclic) bond motifs is 1. The normalized spacial score (nSPS) is 17.2. The molecule has 27 heavy (non-hydrogen) atoms. The zero-order chi connectivity index (χ0) is 18.8. The number of rotatable bonds is 3. The molecule has 6 nitrogen and oxygen atoms in total. The van der Waals surface area contributed by atoms with E-state index in [0.717, 1.165) is 5.56 Å². The first-order valence-corrected chi connectivity index (χ1v) is 9.09. The Morgan fingerprint density at radius 1 is 1.22 bits per heavy atom. The maximum atomic E-state index is 12.9. The molecular weight excluding hydrogens is 366 g/mol. The third-order valence-electron chi connectivity index (χ3n) is 4.69. The number of aromatic nitrogens is 2. The molecule has 1 amide bonds. The standard InChI is InChI=1S/C20H18ClN3O3/c21-15-5-3-4-14(10-15)18-12-23(8-9-27-18)20(26)13-24-17-7-2-1-6-16(17)22-11-19(24)25/h1-7,10-11,18H,8-9,12-13H2. The van der Waals surface area contributed by atoms with Crippen molar-refractivity contribution in [3.05, 3.63) is 75.7 Å². The topological polar surface area (TPSA) is 64.4 Å². The fraction of sp³-hybridized carbons (Fsp3) is 0.250. The summed E-state index contributed by atoms with van der Waals surface area (Å²) in [4.78, 5) is 31.0. The largest absolute Gasteiger partial charge is 0.370 e. The quantitative estimate of drug-likeness (QED) is 0.697. The lowest BCUT2D eigenvalue weighted by molar-refractivity contribution is -0.139. The molecule has 1 aliphatic rings. The van der Waals surface area contributed by atoms with Crippen LogP contribution in [-0.4, -0.2) is 40.1 Å². The minimum absolute atomic E-state index is 0.0237. The molecule has 0 bridgehead atoms. The zero-order valence-corrected chi connectivity index (χ0v) is 15.3. The van der Waals surface area contributed by atoms with Crippen molar-refractivity contribution < 1.29 is 9.53 Å². The minimum atomic E-state index is -0.290. The molecule has 1 fully saturated rings. The van der Waals surface area contributed by atoms with E-state index in [1.165, 1.54) is 10.8 Å². The molecule has 0 spiro atoms. The van der Waals surface area contributed by atoms with Gasteiger partial charge in [0, 0.05) is 11.6 Å². The first-order chi connectivity index (χ1) is 13.1. The van der Waals surface area contributed by atoms with Gasteiger partial charge in [-0.3, -0.25) is 14.2 Å². The van der Waals surface area contributed by atoms with Gasteiger partial charge in [-0.05, 0) is 29.8 Å². The van der Waals surface area contributed by atoms with E-state index in [4.69, 9.17) is 16.3 Å². The number of halogens is 1. The van der Waals surface area contributed by atoms with Gasteiger partial charge in [0.15, 0.2) is 0 Å². The maximum absolute atomic E-state index is 12.9. The Hall–Kier alpha value is -2.70. The lowest BCUT2D eigenvalue weighted by atomic mass is 10.1. The Morgan fingerprint density at radius 3 is 2.93 bits per heavy atom. The van der Waals surface area contributed by atoms with Gasteiger partial charge in [0.05, 0.1) is 30.4 Å². The highest BCUT2D eigenvalue weighted by molar-refractivity contribution is 6.30. The number of morpholine rings is 1. The van der Waals surface area contributed by atoms with Gasteiger partial charge in [-0.15, -0.1) is 0 Å². The molecule has 0 N–H and O–H groups in total. The highest BCUT2D eigenvalue weighted by Gasteiger charge is 2.26. The van der Waals surface area contributed by atoms with E-state index in [1.54, 1.807) is 17.0 Å². The van der Waals surface area contributed by atoms with Gasteiger partial charge in [0.2, 0.25) is 5.91 Å². The average Bonchev–Trinajstić information content (AvgIpc) is 2.70. The van der Waals surface area contributed by atoms with Crippen LogP contribution in [-0.2, 0) is 16.1 Å². The van der Waals surface area contributed by atoms with Crippen LogP contribution in [0.2, 0.25) is 5.02 Å². The number of amides is 1. The van der Waals surface area contributed by atoms with Crippen molar-refractivity contribution in [1.82, 2.24) is 14.5 Å². The number of ether oxygens (including phenoxy) is 1. The van der Waals surface area contributed by atoms with E-state index in [2.05, 4.69) is 4.98 Å². The van der Waals surface area contributed by atoms with Gasteiger partial charge >= 0.3 is 0 Å². The summed E-state index contributed by atoms with van der Waals surface area (Å²) in [6.45, 7) is 1.34. The number of hydrogen-bond donors (Lipinski definition) is 0. The van der Waals surface area contributed by atoms with E-state index in [1.807, 2.05) is 36.4 Å². The average molecular weight is 384 g/mol. The molecule has 1 atom stereocenters. The molecule has 4 rings (SSSR count). The molecule has 1 saturated heterocycles. The fourth-order valence-electron chi connectivity index (χ4n) is 3.30. The molecule has 1 aliphatic heterocycles. The number of para-hydroxylation sites is 2. The van der Waals surface area contributed by atoms with Crippen LogP contribution in [0.3, 0.4) is 0 Å². The van der Waals surface area contributed by atoms with Crippen molar-refractivity contribution in [2.75, 3.05) is 19.7 Å². The second-order valence-corrected chi connectivity index (χ2v) is 6.86. The third kappa shape index (κ3) is 3.72. The first kappa shape index (κ1) is 17.7. The second kappa shape index (κ2) is 7.50. The second-order valence-electron chi connectivity index (χ2n) is 6.43. The molecule has 7 heteroatoms. The Balaban J connectivity index is 1.55. The van der Waals surface area contributed by atoms with Gasteiger partial charge in [0.1, 0.15) is 12.6 Å². The Kier molecular flexibility index (Phi) is 4.92. The van der Waals surface area contributed by atoms with Gasteiger partial charge in [0.25, 0.3) is 5.56 Å². The van der Waals surface area contributed by atoms with Crippen LogP contribution in [0, 0.1) is 0 Å². The summed E-state index contributed by atoms with van der Waals surface area (Å²) >= 11 is 6.06. The van der Waals surface area contributed by atoms with Crippen LogP contribution < -0.4 is 5.56 Å². The lowest BCUT2D eigenvalue weighted by Gasteiger charge is -2.33. The van der Waals surface area contributed by atoms with Crippen molar-refractivity contribution in [2.45, 2.75) is 12.6 Å². The lowest BCUT2D eigenvalue weighted by Crippen LogP contribution is -2.44. The Labute approximate surface area is 161 Å². The predicted molar refractivity (Wildman–Crippen MR) is 103 cm³/mol. The summed E-state index contributed by atoms with van der Waals surface area (Å²) in [5, 5.41) is 0.634. The van der Waals surface area contributed by atoms with Crippen LogP contribution >= 0.6 is 11.6 Å². The summed E-state index contributed by atoms with van der Waals surface area (Å²) in [7, 11) is 0. The molecule has 138 valence electrons. The first-order valence-electron chi connectivity index (χ1n) is 8.71. The van der Waals surface area contributed by atoms with Crippen LogP contribution in [0.1, 0.15) is 11.7 Å². The fourth-order valence-corrected chi connectivity index (χ4v) is 3.50. The zero-order valence-electron chi connectivity index (χ0n) is 14.5. The monoisotopic (exact) mass is 383 g/mol. The molecule has 0 radical (unpaired) electrons. The van der Waals surface area contributed by atoms with E-state index in [0.29, 0.717) is 35.8 Å². The smallest absolute Gasteiger partial charge is 0.269 e. The van der Waals surface area contributed by atoms with E-state index in [-0.39, 0.29) is 24.1 Å². The van der Waals surface area contributed by atoms with E-state index in [9.17, 15) is 9.59 Å². The summed E-state index contributed by atoms with van der Waals surface area (Å²) in [6.07, 6.45) is 1.02. The number of carbonyl (C=O) groups is 1. The SMILES string of the molecule is O=C(Cn1c(=O)cnc2ccccc21)N1CCOC(c2cccc(Cl)c2)C1. The summed E-state index contributed by atoms with van der Waals surface area (Å²) in [6, 6.07) is 14.7. The molecule has 1 unspecified atom stereocenters. The number of carbonyl (C=O) groups excluding carboxylic acids is 1. The van der Waals surface area contributed by atoms with Crippen molar-refractivity contribution >= 4 is 28.5 Å². The van der Waals surface area contributed by atoms with Gasteiger partial charge in [-0.1, -0.05) is 35.9 Å². The maximum Gasteiger partial charge on any atom is 0.269 e. The summed E-state index contributed by atoms with van der Waals surface area (Å²) in [5.41, 5.74) is 1.98. The number of nitrogens with zero attached hydrogens (tertiary/aromatic N) is 3. The molecule has 0 aliphatic carbocycles. The summed E-state index contributed by atoms with van der Waals surface area (Å²) < 4.78 is 7.28. The number of benzene rings is 2. The molecule has 2 aromatic carbocycles. The minimum Gasteiger partial charge on any atom is -0.370 e. The van der Waals surface area contributed by atoms with Crippen molar-refractivity contribution in [3.8, 4) is 0 Å². The molecule has 1 aromatic heterocycles. The van der Waals surface area contributed by atoms with Gasteiger partial charge in [-0.2, -0.15) is 0 Å². The van der Waals surface area contributed by atoms with Crippen LogP contribution in [0.4, 0.5) is 0 Å². The van der Waals surface area contributed by atoms with Crippen LogP contribution in [0.25, 0.3) is 11.0 Å². The van der Waals surface area contributed by atoms with Crippen LogP contribution in [0.5, 0.6) is 0 Å².